The van der Waals surface area contributed by atoms with Crippen LogP contribution in [-0.4, -0.2) is 50.1 Å². The fraction of sp³-hybridized carbons (Fsp3) is 0.333. The van der Waals surface area contributed by atoms with Crippen molar-refractivity contribution in [1.29, 1.82) is 0 Å². The number of esters is 2. The molecule has 0 aliphatic heterocycles. The Morgan fingerprint density at radius 3 is 1.25 bits per heavy atom. The van der Waals surface area contributed by atoms with E-state index in [-0.39, 0.29) is 44.1 Å². The maximum absolute atomic E-state index is 12.7. The third-order valence-electron chi connectivity index (χ3n) is 5.20. The molecule has 0 heterocycles. The number of halogens is 4. The number of nitrogens with one attached hydrogen (secondary N) is 2. The maximum Gasteiger partial charge on any atom is 0.328 e. The quantitative estimate of drug-likeness (QED) is 0.284. The smallest absolute Gasteiger partial charge is 0.328 e. The predicted molar refractivity (Wildman–Crippen MR) is 138 cm³/mol. The topological polar surface area (TPSA) is 111 Å². The second kappa shape index (κ2) is 14.3. The highest BCUT2D eigenvalue weighted by molar-refractivity contribution is 6.40. The molecular formula is C24H24Cl4N2O6. The zero-order chi connectivity index (χ0) is 26.8. The summed E-state index contributed by atoms with van der Waals surface area (Å²) in [5.74, 6) is -2.56. The van der Waals surface area contributed by atoms with Crippen LogP contribution in [0.15, 0.2) is 36.4 Å². The van der Waals surface area contributed by atoms with Crippen LogP contribution in [0.5, 0.6) is 0 Å². The van der Waals surface area contributed by atoms with Gasteiger partial charge < -0.3 is 20.1 Å². The van der Waals surface area contributed by atoms with Gasteiger partial charge in [-0.15, -0.1) is 0 Å². The lowest BCUT2D eigenvalue weighted by Gasteiger charge is -2.19. The summed E-state index contributed by atoms with van der Waals surface area (Å²) in [5, 5.41) is 5.71. The lowest BCUT2D eigenvalue weighted by Crippen LogP contribution is -2.42. The number of amides is 2. The number of benzene rings is 2. The van der Waals surface area contributed by atoms with Crippen molar-refractivity contribution in [3.05, 3.63) is 67.6 Å². The summed E-state index contributed by atoms with van der Waals surface area (Å²) in [7, 11) is 2.40. The van der Waals surface area contributed by atoms with Gasteiger partial charge in [0.05, 0.1) is 45.4 Å². The third kappa shape index (κ3) is 8.00. The molecule has 0 aliphatic rings. The van der Waals surface area contributed by atoms with E-state index in [1.165, 1.54) is 38.5 Å². The summed E-state index contributed by atoms with van der Waals surface area (Å²) >= 11 is 24.3. The number of hydrogen-bond donors (Lipinski definition) is 2. The van der Waals surface area contributed by atoms with Crippen molar-refractivity contribution >= 4 is 70.2 Å². The van der Waals surface area contributed by atoms with Gasteiger partial charge in [0, 0.05) is 0 Å². The van der Waals surface area contributed by atoms with Gasteiger partial charge in [-0.05, 0) is 37.1 Å². The fourth-order valence-electron chi connectivity index (χ4n) is 3.37. The summed E-state index contributed by atoms with van der Waals surface area (Å²) in [6.07, 6.45) is 1.18. The van der Waals surface area contributed by atoms with E-state index in [9.17, 15) is 19.2 Å². The molecular weight excluding hydrogens is 554 g/mol. The molecule has 2 unspecified atom stereocenters. The average Bonchev–Trinajstić information content (AvgIpc) is 2.83. The van der Waals surface area contributed by atoms with Gasteiger partial charge in [0.25, 0.3) is 11.8 Å². The number of rotatable bonds is 11. The molecule has 2 atom stereocenters. The number of carbonyl (C=O) groups excluding carboxylic acids is 4. The van der Waals surface area contributed by atoms with E-state index in [4.69, 9.17) is 55.9 Å². The molecule has 8 nitrogen and oxygen atoms in total. The van der Waals surface area contributed by atoms with Crippen molar-refractivity contribution in [1.82, 2.24) is 10.6 Å². The molecule has 0 fully saturated rings. The zero-order valence-corrected chi connectivity index (χ0v) is 22.4. The van der Waals surface area contributed by atoms with Gasteiger partial charge in [-0.3, -0.25) is 9.59 Å². The summed E-state index contributed by atoms with van der Waals surface area (Å²) in [6, 6.07) is 7.24. The fourth-order valence-corrected chi connectivity index (χ4v) is 4.51. The maximum atomic E-state index is 12.7. The van der Waals surface area contributed by atoms with Crippen molar-refractivity contribution in [2.75, 3.05) is 14.2 Å². The van der Waals surface area contributed by atoms with Crippen LogP contribution >= 0.6 is 46.4 Å². The molecule has 2 rings (SSSR count). The Morgan fingerprint density at radius 2 is 0.972 bits per heavy atom. The molecule has 2 aromatic rings. The lowest BCUT2D eigenvalue weighted by molar-refractivity contribution is -0.144. The van der Waals surface area contributed by atoms with Gasteiger partial charge in [0.2, 0.25) is 0 Å². The SMILES string of the molecule is COC(=O)C(CCCCC(NC(=O)c1c(Cl)cccc1Cl)C(=O)OC)NC(=O)c1c(Cl)cccc1Cl. The van der Waals surface area contributed by atoms with Gasteiger partial charge in [0.1, 0.15) is 12.1 Å². The first-order valence-electron chi connectivity index (χ1n) is 10.8. The number of carbonyl (C=O) groups is 4. The van der Waals surface area contributed by atoms with Crippen LogP contribution in [-0.2, 0) is 19.1 Å². The van der Waals surface area contributed by atoms with Crippen molar-refractivity contribution in [2.45, 2.75) is 37.8 Å². The van der Waals surface area contributed by atoms with Gasteiger partial charge in [-0.2, -0.15) is 0 Å². The van der Waals surface area contributed by atoms with Crippen LogP contribution in [0.25, 0.3) is 0 Å². The molecule has 12 heteroatoms. The minimum Gasteiger partial charge on any atom is -0.467 e. The highest BCUT2D eigenvalue weighted by Gasteiger charge is 2.26. The standard InChI is InChI=1S/C24H24Cl4N2O6/c1-35-23(33)17(29-21(31)19-13(25)7-5-8-14(19)26)11-3-4-12-18(24(34)36-2)30-22(32)20-15(27)9-6-10-16(20)28/h5-10,17-18H,3-4,11-12H2,1-2H3,(H,29,31)(H,30,32). The van der Waals surface area contributed by atoms with Gasteiger partial charge in [-0.25, -0.2) is 9.59 Å². The van der Waals surface area contributed by atoms with E-state index >= 15 is 0 Å². The normalized spacial score (nSPS) is 12.3. The molecule has 0 saturated carbocycles. The van der Waals surface area contributed by atoms with Gasteiger partial charge >= 0.3 is 11.9 Å². The summed E-state index contributed by atoms with van der Waals surface area (Å²) in [4.78, 5) is 49.8. The second-order valence-electron chi connectivity index (χ2n) is 7.58. The minimum absolute atomic E-state index is 0.0430. The predicted octanol–water partition coefficient (Wildman–Crippen LogP) is 5.10. The number of unbranched alkanes of at least 4 members (excludes halogenated alkanes) is 1. The first-order valence-corrected chi connectivity index (χ1v) is 12.3. The highest BCUT2D eigenvalue weighted by Crippen LogP contribution is 2.25. The molecule has 2 aromatic carbocycles. The molecule has 2 N–H and O–H groups in total. The molecule has 0 aromatic heterocycles. The first-order chi connectivity index (χ1) is 17.1. The molecule has 0 aliphatic carbocycles. The molecule has 0 radical (unpaired) electrons. The van der Waals surface area contributed by atoms with Gasteiger partial charge in [0.15, 0.2) is 0 Å². The van der Waals surface area contributed by atoms with E-state index in [1.807, 2.05) is 0 Å². The number of ether oxygens (including phenoxy) is 2. The Hall–Kier alpha value is -2.52. The minimum atomic E-state index is -0.983. The van der Waals surface area contributed by atoms with Crippen LogP contribution in [0.4, 0.5) is 0 Å². The van der Waals surface area contributed by atoms with Crippen LogP contribution in [0.1, 0.15) is 46.4 Å². The van der Waals surface area contributed by atoms with Crippen LogP contribution < -0.4 is 10.6 Å². The van der Waals surface area contributed by atoms with E-state index in [2.05, 4.69) is 10.6 Å². The largest absolute Gasteiger partial charge is 0.467 e. The summed E-state index contributed by atoms with van der Waals surface area (Å²) in [6.45, 7) is 0. The van der Waals surface area contributed by atoms with Crippen LogP contribution in [0, 0.1) is 0 Å². The van der Waals surface area contributed by atoms with E-state index in [0.29, 0.717) is 12.8 Å². The van der Waals surface area contributed by atoms with Gasteiger partial charge in [-0.1, -0.05) is 71.4 Å². The van der Waals surface area contributed by atoms with Crippen molar-refractivity contribution in [3.63, 3.8) is 0 Å². The molecule has 0 spiro atoms. The number of methoxy groups -OCH3 is 2. The Morgan fingerprint density at radius 1 is 0.667 bits per heavy atom. The first kappa shape index (κ1) is 29.7. The van der Waals surface area contributed by atoms with Crippen LogP contribution in [0.2, 0.25) is 20.1 Å². The Labute approximate surface area is 228 Å². The third-order valence-corrected chi connectivity index (χ3v) is 6.46. The zero-order valence-electron chi connectivity index (χ0n) is 19.4. The number of hydrogen-bond acceptors (Lipinski definition) is 6. The van der Waals surface area contributed by atoms with Crippen molar-refractivity contribution in [3.8, 4) is 0 Å². The molecule has 0 bridgehead atoms. The molecule has 2 amide bonds. The lowest BCUT2D eigenvalue weighted by atomic mass is 10.0. The van der Waals surface area contributed by atoms with Crippen molar-refractivity contribution in [2.24, 2.45) is 0 Å². The molecule has 0 saturated heterocycles. The molecule has 194 valence electrons. The van der Waals surface area contributed by atoms with E-state index in [0.717, 1.165) is 0 Å². The average molecular weight is 578 g/mol. The van der Waals surface area contributed by atoms with E-state index < -0.39 is 35.8 Å². The Balaban J connectivity index is 2.01. The highest BCUT2D eigenvalue weighted by atomic mass is 35.5. The Kier molecular flexibility index (Phi) is 11.8. The Bertz CT molecular complexity index is 1000. The van der Waals surface area contributed by atoms with Crippen LogP contribution in [0.3, 0.4) is 0 Å². The second-order valence-corrected chi connectivity index (χ2v) is 9.20. The summed E-state index contributed by atoms with van der Waals surface area (Å²) < 4.78 is 9.58. The summed E-state index contributed by atoms with van der Waals surface area (Å²) in [5.41, 5.74) is 0.0860. The monoisotopic (exact) mass is 576 g/mol. The molecule has 36 heavy (non-hydrogen) atoms. The van der Waals surface area contributed by atoms with E-state index in [1.54, 1.807) is 12.1 Å². The van der Waals surface area contributed by atoms with Crippen molar-refractivity contribution < 1.29 is 28.7 Å².